The molecule has 0 saturated carbocycles. The summed E-state index contributed by atoms with van der Waals surface area (Å²) in [6.45, 7) is -0.104. The molecule has 8 heteroatoms. The Morgan fingerprint density at radius 3 is 2.29 bits per heavy atom. The fraction of sp³-hybridized carbons (Fsp3) is 0.185. The van der Waals surface area contributed by atoms with Gasteiger partial charge in [-0.2, -0.15) is 0 Å². The van der Waals surface area contributed by atoms with Crippen LogP contribution in [0.15, 0.2) is 66.4 Å². The van der Waals surface area contributed by atoms with Gasteiger partial charge in [0.15, 0.2) is 23.9 Å². The molecule has 180 valence electrons. The van der Waals surface area contributed by atoms with E-state index in [1.54, 1.807) is 36.4 Å². The summed E-state index contributed by atoms with van der Waals surface area (Å²) in [7, 11) is 4.54. The van der Waals surface area contributed by atoms with Gasteiger partial charge in [0.05, 0.1) is 26.9 Å². The minimum absolute atomic E-state index is 0.133. The number of rotatable bonds is 9. The van der Waals surface area contributed by atoms with Crippen molar-refractivity contribution in [1.29, 1.82) is 0 Å². The van der Waals surface area contributed by atoms with Gasteiger partial charge in [0.1, 0.15) is 18.1 Å². The molecule has 0 N–H and O–H groups in total. The van der Waals surface area contributed by atoms with Crippen molar-refractivity contribution < 1.29 is 38.0 Å². The summed E-state index contributed by atoms with van der Waals surface area (Å²) in [6.07, 6.45) is 1.59. The molecule has 1 heterocycles. The number of benzene rings is 3. The molecule has 0 atom stereocenters. The number of Topliss-reactive ketones (excluding diaryl/α,β-unsaturated/α-hetero) is 1. The first kappa shape index (κ1) is 23.7. The minimum atomic E-state index is -0.505. The zero-order valence-corrected chi connectivity index (χ0v) is 19.5. The van der Waals surface area contributed by atoms with Crippen LogP contribution in [0.1, 0.15) is 21.5 Å². The lowest BCUT2D eigenvalue weighted by Crippen LogP contribution is -2.14. The van der Waals surface area contributed by atoms with Gasteiger partial charge in [0.2, 0.25) is 11.5 Å². The lowest BCUT2D eigenvalue weighted by Gasteiger charge is -2.13. The molecule has 0 fully saturated rings. The molecule has 3 aromatic carbocycles. The van der Waals surface area contributed by atoms with Gasteiger partial charge >= 0.3 is 5.97 Å². The quantitative estimate of drug-likeness (QED) is 0.331. The van der Waals surface area contributed by atoms with Crippen LogP contribution in [0.2, 0.25) is 0 Å². The van der Waals surface area contributed by atoms with Gasteiger partial charge in [-0.1, -0.05) is 30.3 Å². The van der Waals surface area contributed by atoms with Gasteiger partial charge < -0.3 is 28.4 Å². The first-order valence-electron chi connectivity index (χ1n) is 10.7. The summed E-state index contributed by atoms with van der Waals surface area (Å²) in [5.41, 5.74) is 1.91. The van der Waals surface area contributed by atoms with E-state index < -0.39 is 5.97 Å². The van der Waals surface area contributed by atoms with Crippen LogP contribution < -0.4 is 23.7 Å². The van der Waals surface area contributed by atoms with Gasteiger partial charge in [0, 0.05) is 6.07 Å². The smallest absolute Gasteiger partial charge is 0.344 e. The zero-order valence-electron chi connectivity index (χ0n) is 19.5. The fourth-order valence-corrected chi connectivity index (χ4v) is 3.52. The van der Waals surface area contributed by atoms with Gasteiger partial charge in [-0.15, -0.1) is 0 Å². The number of allylic oxidation sites excluding steroid dienone is 1. The molecule has 0 saturated heterocycles. The van der Waals surface area contributed by atoms with Crippen molar-refractivity contribution in [1.82, 2.24) is 0 Å². The molecular weight excluding hydrogens is 452 g/mol. The fourth-order valence-electron chi connectivity index (χ4n) is 3.52. The second-order valence-electron chi connectivity index (χ2n) is 7.49. The van der Waals surface area contributed by atoms with E-state index in [4.69, 9.17) is 28.4 Å². The number of hydrogen-bond donors (Lipinski definition) is 0. The number of ether oxygens (including phenoxy) is 6. The average molecular weight is 476 g/mol. The normalized spacial score (nSPS) is 13.1. The first-order chi connectivity index (χ1) is 17.0. The van der Waals surface area contributed by atoms with Crippen LogP contribution in [0.3, 0.4) is 0 Å². The molecule has 35 heavy (non-hydrogen) atoms. The van der Waals surface area contributed by atoms with E-state index in [1.165, 1.54) is 21.3 Å². The summed E-state index contributed by atoms with van der Waals surface area (Å²) in [5, 5.41) is 0. The Bertz CT molecular complexity index is 1240. The Labute approximate surface area is 202 Å². The Hall–Kier alpha value is -4.46. The number of ketones is 1. The lowest BCUT2D eigenvalue weighted by molar-refractivity contribution is -0.147. The molecule has 4 rings (SSSR count). The zero-order chi connectivity index (χ0) is 24.8. The predicted molar refractivity (Wildman–Crippen MR) is 127 cm³/mol. The molecule has 0 spiro atoms. The number of methoxy groups -OCH3 is 3. The Kier molecular flexibility index (Phi) is 7.21. The molecule has 0 aliphatic carbocycles. The second-order valence-corrected chi connectivity index (χ2v) is 7.49. The molecule has 0 radical (unpaired) electrons. The number of esters is 1. The van der Waals surface area contributed by atoms with Crippen molar-refractivity contribution in [3.05, 3.63) is 83.1 Å². The van der Waals surface area contributed by atoms with Gasteiger partial charge in [-0.25, -0.2) is 4.79 Å². The molecular formula is C27H24O8. The highest BCUT2D eigenvalue weighted by Crippen LogP contribution is 2.40. The van der Waals surface area contributed by atoms with Crippen LogP contribution in [0.5, 0.6) is 28.7 Å². The SMILES string of the molecule is COc1cc(C=C2Oc3cc(OCC(=O)OCc4ccccc4)ccc3C2=O)cc(OC)c1OC. The third-order valence-corrected chi connectivity index (χ3v) is 5.23. The maximum atomic E-state index is 12.8. The van der Waals surface area contributed by atoms with Crippen LogP contribution in [-0.2, 0) is 16.1 Å². The molecule has 0 aromatic heterocycles. The first-order valence-corrected chi connectivity index (χ1v) is 10.7. The summed E-state index contributed by atoms with van der Waals surface area (Å²) in [4.78, 5) is 24.8. The lowest BCUT2D eigenvalue weighted by atomic mass is 10.1. The average Bonchev–Trinajstić information content (AvgIpc) is 3.20. The van der Waals surface area contributed by atoms with Gasteiger partial charge in [-0.3, -0.25) is 4.79 Å². The summed E-state index contributed by atoms with van der Waals surface area (Å²) >= 11 is 0. The summed E-state index contributed by atoms with van der Waals surface area (Å²) in [5.74, 6) is 1.42. The summed E-state index contributed by atoms with van der Waals surface area (Å²) in [6, 6.07) is 17.6. The standard InChI is InChI=1S/C27H24O8/c1-30-23-12-18(13-24(31-2)27(23)32-3)11-22-26(29)20-10-9-19(14-21(20)35-22)33-16-25(28)34-15-17-7-5-4-6-8-17/h4-14H,15-16H2,1-3H3. The maximum absolute atomic E-state index is 12.8. The van der Waals surface area contributed by atoms with Crippen molar-refractivity contribution in [3.8, 4) is 28.7 Å². The van der Waals surface area contributed by atoms with Crippen LogP contribution in [0.25, 0.3) is 6.08 Å². The van der Waals surface area contributed by atoms with Crippen LogP contribution >= 0.6 is 0 Å². The Morgan fingerprint density at radius 1 is 0.914 bits per heavy atom. The molecule has 0 amide bonds. The Morgan fingerprint density at radius 2 is 1.63 bits per heavy atom. The molecule has 8 nitrogen and oxygen atoms in total. The molecule has 1 aliphatic rings. The van der Waals surface area contributed by atoms with E-state index in [2.05, 4.69) is 0 Å². The Balaban J connectivity index is 1.43. The number of carbonyl (C=O) groups excluding carboxylic acids is 2. The predicted octanol–water partition coefficient (Wildman–Crippen LogP) is 4.45. The van der Waals surface area contributed by atoms with Crippen LogP contribution in [0.4, 0.5) is 0 Å². The van der Waals surface area contributed by atoms with E-state index in [1.807, 2.05) is 30.3 Å². The third kappa shape index (κ3) is 5.38. The third-order valence-electron chi connectivity index (χ3n) is 5.23. The van der Waals surface area contributed by atoms with Crippen molar-refractivity contribution in [3.63, 3.8) is 0 Å². The highest BCUT2D eigenvalue weighted by Gasteiger charge is 2.28. The number of hydrogen-bond acceptors (Lipinski definition) is 8. The van der Waals surface area contributed by atoms with Crippen molar-refractivity contribution >= 4 is 17.8 Å². The highest BCUT2D eigenvalue weighted by molar-refractivity contribution is 6.14. The van der Waals surface area contributed by atoms with Crippen molar-refractivity contribution in [2.45, 2.75) is 6.61 Å². The summed E-state index contributed by atoms with van der Waals surface area (Å²) < 4.78 is 32.6. The monoisotopic (exact) mass is 476 g/mol. The van der Waals surface area contributed by atoms with Crippen molar-refractivity contribution in [2.75, 3.05) is 27.9 Å². The second kappa shape index (κ2) is 10.6. The number of fused-ring (bicyclic) bond motifs is 1. The van der Waals surface area contributed by atoms with Gasteiger partial charge in [-0.05, 0) is 41.5 Å². The van der Waals surface area contributed by atoms with E-state index in [-0.39, 0.29) is 24.8 Å². The minimum Gasteiger partial charge on any atom is -0.493 e. The topological polar surface area (TPSA) is 89.5 Å². The van der Waals surface area contributed by atoms with Crippen molar-refractivity contribution in [2.24, 2.45) is 0 Å². The van der Waals surface area contributed by atoms with Crippen LogP contribution in [0, 0.1) is 0 Å². The molecule has 0 unspecified atom stereocenters. The molecule has 0 bridgehead atoms. The molecule has 3 aromatic rings. The van der Waals surface area contributed by atoms with Gasteiger partial charge in [0.25, 0.3) is 0 Å². The number of carbonyl (C=O) groups is 2. The maximum Gasteiger partial charge on any atom is 0.344 e. The van der Waals surface area contributed by atoms with E-state index in [0.717, 1.165) is 5.56 Å². The van der Waals surface area contributed by atoms with E-state index in [9.17, 15) is 9.59 Å². The van der Waals surface area contributed by atoms with E-state index in [0.29, 0.717) is 39.9 Å². The van der Waals surface area contributed by atoms with E-state index >= 15 is 0 Å². The highest BCUT2D eigenvalue weighted by atomic mass is 16.6. The largest absolute Gasteiger partial charge is 0.493 e. The van der Waals surface area contributed by atoms with Crippen LogP contribution in [-0.4, -0.2) is 39.7 Å². The molecule has 1 aliphatic heterocycles.